The van der Waals surface area contributed by atoms with Crippen LogP contribution in [0.4, 0.5) is 0 Å². The summed E-state index contributed by atoms with van der Waals surface area (Å²) in [4.78, 5) is 12.0. The van der Waals surface area contributed by atoms with Crippen LogP contribution in [0.15, 0.2) is 0 Å². The van der Waals surface area contributed by atoms with Crippen LogP contribution < -0.4 is 11.1 Å². The van der Waals surface area contributed by atoms with E-state index in [0.29, 0.717) is 11.8 Å². The molecule has 118 valence electrons. The van der Waals surface area contributed by atoms with Gasteiger partial charge in [-0.2, -0.15) is 0 Å². The highest BCUT2D eigenvalue weighted by molar-refractivity contribution is 5.81. The Morgan fingerprint density at radius 2 is 1.85 bits per heavy atom. The number of hydrogen-bond donors (Lipinski definition) is 3. The van der Waals surface area contributed by atoms with Crippen LogP contribution in [0.5, 0.6) is 0 Å². The summed E-state index contributed by atoms with van der Waals surface area (Å²) in [7, 11) is 0. The van der Waals surface area contributed by atoms with Crippen LogP contribution in [0.3, 0.4) is 0 Å². The van der Waals surface area contributed by atoms with Crippen molar-refractivity contribution in [3.05, 3.63) is 0 Å². The predicted molar refractivity (Wildman–Crippen MR) is 82.2 cm³/mol. The van der Waals surface area contributed by atoms with Gasteiger partial charge in [-0.3, -0.25) is 4.79 Å². The van der Waals surface area contributed by atoms with E-state index in [9.17, 15) is 9.90 Å². The van der Waals surface area contributed by atoms with Gasteiger partial charge in [-0.25, -0.2) is 0 Å². The molecule has 1 saturated carbocycles. The van der Waals surface area contributed by atoms with Crippen molar-refractivity contribution in [1.29, 1.82) is 0 Å². The van der Waals surface area contributed by atoms with Gasteiger partial charge in [0.1, 0.15) is 6.10 Å². The highest BCUT2D eigenvalue weighted by atomic mass is 16.3. The predicted octanol–water partition coefficient (Wildman–Crippen LogP) is 2.20. The van der Waals surface area contributed by atoms with Crippen molar-refractivity contribution in [3.8, 4) is 0 Å². The molecule has 4 N–H and O–H groups in total. The van der Waals surface area contributed by atoms with Gasteiger partial charge in [0, 0.05) is 12.1 Å². The Labute approximate surface area is 123 Å². The molecule has 0 aromatic carbocycles. The maximum atomic E-state index is 12.0. The third-order valence-electron chi connectivity index (χ3n) is 4.22. The van der Waals surface area contributed by atoms with Crippen molar-refractivity contribution in [2.24, 2.45) is 17.6 Å². The van der Waals surface area contributed by atoms with Crippen molar-refractivity contribution in [2.45, 2.75) is 83.9 Å². The maximum Gasteiger partial charge on any atom is 0.250 e. The molecule has 1 aliphatic carbocycles. The van der Waals surface area contributed by atoms with Crippen LogP contribution in [0.25, 0.3) is 0 Å². The summed E-state index contributed by atoms with van der Waals surface area (Å²) in [6, 6.07) is -0.358. The zero-order chi connectivity index (χ0) is 15.1. The molecule has 0 aromatic heterocycles. The maximum absolute atomic E-state index is 12.0. The Hall–Kier alpha value is -0.610. The number of aliphatic hydroxyl groups is 1. The largest absolute Gasteiger partial charge is 0.382 e. The lowest BCUT2D eigenvalue weighted by atomic mass is 9.84. The first-order valence-electron chi connectivity index (χ1n) is 8.14. The Kier molecular flexibility index (Phi) is 7.52. The minimum absolute atomic E-state index is 0.0824. The van der Waals surface area contributed by atoms with E-state index in [1.54, 1.807) is 0 Å². The van der Waals surface area contributed by atoms with Crippen molar-refractivity contribution < 1.29 is 9.90 Å². The first-order chi connectivity index (χ1) is 9.40. The number of nitrogens with two attached hydrogens (primary N) is 1. The van der Waals surface area contributed by atoms with Gasteiger partial charge in [-0.15, -0.1) is 0 Å². The summed E-state index contributed by atoms with van der Waals surface area (Å²) in [5.74, 6) is 0.786. The molecule has 1 aliphatic rings. The molecule has 1 fully saturated rings. The smallest absolute Gasteiger partial charge is 0.250 e. The number of carbonyl (C=O) groups excluding carboxylic acids is 1. The number of rotatable bonds is 7. The molecule has 0 heterocycles. The molecule has 4 nitrogen and oxygen atoms in total. The van der Waals surface area contributed by atoms with E-state index in [2.05, 4.69) is 19.2 Å². The Morgan fingerprint density at radius 3 is 2.40 bits per heavy atom. The zero-order valence-electron chi connectivity index (χ0n) is 13.3. The van der Waals surface area contributed by atoms with Crippen LogP contribution in [0.2, 0.25) is 0 Å². The Morgan fingerprint density at radius 1 is 1.25 bits per heavy atom. The SMILES string of the molecule is CC(C)CC(C)NC(=O)C(O)[C@H](N)CC1CCCCC1. The quantitative estimate of drug-likeness (QED) is 0.671. The lowest BCUT2D eigenvalue weighted by Gasteiger charge is -2.27. The number of aliphatic hydroxyl groups excluding tert-OH is 1. The molecule has 0 aliphatic heterocycles. The van der Waals surface area contributed by atoms with Crippen molar-refractivity contribution in [1.82, 2.24) is 5.32 Å². The van der Waals surface area contributed by atoms with Crippen molar-refractivity contribution >= 4 is 5.91 Å². The second-order valence-corrected chi connectivity index (χ2v) is 6.89. The summed E-state index contributed by atoms with van der Waals surface area (Å²) >= 11 is 0. The molecule has 0 radical (unpaired) electrons. The third kappa shape index (κ3) is 6.23. The number of nitrogens with one attached hydrogen (secondary N) is 1. The van der Waals surface area contributed by atoms with Crippen LogP contribution >= 0.6 is 0 Å². The van der Waals surface area contributed by atoms with Gasteiger partial charge in [0.2, 0.25) is 0 Å². The third-order valence-corrected chi connectivity index (χ3v) is 4.22. The van der Waals surface area contributed by atoms with Gasteiger partial charge in [-0.05, 0) is 31.6 Å². The summed E-state index contributed by atoms with van der Waals surface area (Å²) < 4.78 is 0. The zero-order valence-corrected chi connectivity index (χ0v) is 13.3. The van der Waals surface area contributed by atoms with Gasteiger partial charge >= 0.3 is 0 Å². The topological polar surface area (TPSA) is 75.3 Å². The monoisotopic (exact) mass is 284 g/mol. The minimum Gasteiger partial charge on any atom is -0.382 e. The van der Waals surface area contributed by atoms with Gasteiger partial charge in [-0.1, -0.05) is 46.0 Å². The van der Waals surface area contributed by atoms with Crippen molar-refractivity contribution in [3.63, 3.8) is 0 Å². The molecule has 0 bridgehead atoms. The van der Waals surface area contributed by atoms with Crippen LogP contribution in [-0.2, 0) is 4.79 Å². The van der Waals surface area contributed by atoms with Gasteiger partial charge < -0.3 is 16.2 Å². The molecular weight excluding hydrogens is 252 g/mol. The van der Waals surface area contributed by atoms with E-state index in [1.807, 2.05) is 6.92 Å². The van der Waals surface area contributed by atoms with Gasteiger partial charge in [0.05, 0.1) is 0 Å². The molecule has 4 heteroatoms. The molecule has 0 saturated heterocycles. The van der Waals surface area contributed by atoms with E-state index in [4.69, 9.17) is 5.73 Å². The van der Waals surface area contributed by atoms with E-state index in [0.717, 1.165) is 12.8 Å². The first kappa shape index (κ1) is 17.4. The van der Waals surface area contributed by atoms with Crippen molar-refractivity contribution in [2.75, 3.05) is 0 Å². The summed E-state index contributed by atoms with van der Waals surface area (Å²) in [6.45, 7) is 6.21. The molecule has 1 amide bonds. The van der Waals surface area contributed by atoms with E-state index in [-0.39, 0.29) is 11.9 Å². The fourth-order valence-electron chi connectivity index (χ4n) is 3.23. The summed E-state index contributed by atoms with van der Waals surface area (Å²) in [5.41, 5.74) is 6.02. The highest BCUT2D eigenvalue weighted by Gasteiger charge is 2.27. The van der Waals surface area contributed by atoms with Crippen LogP contribution in [0.1, 0.15) is 65.7 Å². The second-order valence-electron chi connectivity index (χ2n) is 6.89. The summed E-state index contributed by atoms with van der Waals surface area (Å²) in [5, 5.41) is 12.9. The minimum atomic E-state index is -1.08. The molecule has 0 aromatic rings. The number of carbonyl (C=O) groups is 1. The van der Waals surface area contributed by atoms with E-state index in [1.165, 1.54) is 32.1 Å². The first-order valence-corrected chi connectivity index (χ1v) is 8.14. The number of amides is 1. The molecule has 1 rings (SSSR count). The normalized spacial score (nSPS) is 21.5. The van der Waals surface area contributed by atoms with Crippen LogP contribution in [0, 0.1) is 11.8 Å². The highest BCUT2D eigenvalue weighted by Crippen LogP contribution is 2.27. The standard InChI is InChI=1S/C16H32N2O2/c1-11(2)9-12(3)18-16(20)15(19)14(17)10-13-7-5-4-6-8-13/h11-15,19H,4-10,17H2,1-3H3,(H,18,20)/t12?,14-,15?/m1/s1. The second kappa shape index (κ2) is 8.63. The fraction of sp³-hybridized carbons (Fsp3) is 0.938. The number of hydrogen-bond acceptors (Lipinski definition) is 3. The lowest BCUT2D eigenvalue weighted by molar-refractivity contribution is -0.131. The molecule has 0 spiro atoms. The lowest BCUT2D eigenvalue weighted by Crippen LogP contribution is -2.49. The Balaban J connectivity index is 2.34. The molecule has 2 unspecified atom stereocenters. The molecule has 3 atom stereocenters. The Bertz CT molecular complexity index is 288. The van der Waals surface area contributed by atoms with Crippen LogP contribution in [-0.4, -0.2) is 29.2 Å². The van der Waals surface area contributed by atoms with E-state index < -0.39 is 12.1 Å². The fourth-order valence-corrected chi connectivity index (χ4v) is 3.23. The van der Waals surface area contributed by atoms with Gasteiger partial charge in [0.15, 0.2) is 0 Å². The average Bonchev–Trinajstić information content (AvgIpc) is 2.37. The summed E-state index contributed by atoms with van der Waals surface area (Å²) in [6.07, 6.45) is 6.78. The molecule has 20 heavy (non-hydrogen) atoms. The van der Waals surface area contributed by atoms with E-state index >= 15 is 0 Å². The van der Waals surface area contributed by atoms with Gasteiger partial charge in [0.25, 0.3) is 5.91 Å². The average molecular weight is 284 g/mol. The molecular formula is C16H32N2O2.